The Balaban J connectivity index is 1.66. The van der Waals surface area contributed by atoms with Gasteiger partial charge in [-0.2, -0.15) is 0 Å². The molecule has 0 fully saturated rings. The maximum Gasteiger partial charge on any atom is 0.137 e. The predicted octanol–water partition coefficient (Wildman–Crippen LogP) is 3.95. The normalized spacial score (nSPS) is 10.6. The summed E-state index contributed by atoms with van der Waals surface area (Å²) in [7, 11) is 0. The molecule has 2 heterocycles. The molecule has 0 saturated carbocycles. The third-order valence-electron chi connectivity index (χ3n) is 3.24. The molecule has 0 amide bonds. The maximum absolute atomic E-state index is 4.42. The van der Waals surface area contributed by atoms with Crippen LogP contribution < -0.4 is 5.32 Å². The topological polar surface area (TPSA) is 42.7 Å². The first-order chi connectivity index (χ1) is 10.2. The number of imidazole rings is 1. The van der Waals surface area contributed by atoms with Gasteiger partial charge in [-0.3, -0.25) is 4.57 Å². The zero-order valence-electron chi connectivity index (χ0n) is 11.6. The molecule has 0 saturated heterocycles. The van der Waals surface area contributed by atoms with Crippen LogP contribution in [0, 0.1) is 6.92 Å². The van der Waals surface area contributed by atoms with E-state index in [9.17, 15) is 0 Å². The van der Waals surface area contributed by atoms with E-state index in [1.54, 1.807) is 12.5 Å². The van der Waals surface area contributed by atoms with Gasteiger partial charge < -0.3 is 5.32 Å². The van der Waals surface area contributed by atoms with E-state index in [1.807, 2.05) is 29.1 Å². The molecule has 0 bridgehead atoms. The average molecular weight is 343 g/mol. The Morgan fingerprint density at radius 1 is 1.24 bits per heavy atom. The third kappa shape index (κ3) is 3.31. The molecule has 0 radical (unpaired) electrons. The van der Waals surface area contributed by atoms with E-state index in [4.69, 9.17) is 0 Å². The summed E-state index contributed by atoms with van der Waals surface area (Å²) in [6.45, 7) is 2.87. The number of nitrogens with one attached hydrogen (secondary N) is 1. The van der Waals surface area contributed by atoms with Crippen molar-refractivity contribution in [3.8, 4) is 5.82 Å². The van der Waals surface area contributed by atoms with E-state index < -0.39 is 0 Å². The minimum Gasteiger partial charge on any atom is -0.380 e. The molecule has 0 aliphatic rings. The van der Waals surface area contributed by atoms with Crippen LogP contribution in [0.25, 0.3) is 5.82 Å². The smallest absolute Gasteiger partial charge is 0.137 e. The predicted molar refractivity (Wildman–Crippen MR) is 87.6 cm³/mol. The fourth-order valence-electron chi connectivity index (χ4n) is 2.06. The first kappa shape index (κ1) is 13.8. The molecule has 0 aliphatic heterocycles. The highest BCUT2D eigenvalue weighted by atomic mass is 79.9. The zero-order chi connectivity index (χ0) is 14.7. The van der Waals surface area contributed by atoms with E-state index in [2.05, 4.69) is 56.3 Å². The minimum atomic E-state index is 0.778. The number of aryl methyl sites for hydroxylation is 1. The van der Waals surface area contributed by atoms with Gasteiger partial charge in [0.1, 0.15) is 12.1 Å². The van der Waals surface area contributed by atoms with Crippen LogP contribution in [0.1, 0.15) is 11.1 Å². The number of anilines is 1. The Morgan fingerprint density at radius 2 is 2.14 bits per heavy atom. The van der Waals surface area contributed by atoms with Crippen molar-refractivity contribution in [2.75, 3.05) is 5.32 Å². The lowest BCUT2D eigenvalue weighted by Crippen LogP contribution is -2.01. The van der Waals surface area contributed by atoms with Gasteiger partial charge in [-0.05, 0) is 36.2 Å². The van der Waals surface area contributed by atoms with Gasteiger partial charge in [0, 0.05) is 23.4 Å². The summed E-state index contributed by atoms with van der Waals surface area (Å²) in [5.74, 6) is 0.859. The van der Waals surface area contributed by atoms with Gasteiger partial charge in [0.25, 0.3) is 0 Å². The van der Waals surface area contributed by atoms with Crippen LogP contribution in [0.5, 0.6) is 0 Å². The second-order valence-electron chi connectivity index (χ2n) is 4.81. The highest BCUT2D eigenvalue weighted by Gasteiger charge is 2.00. The highest BCUT2D eigenvalue weighted by Crippen LogP contribution is 2.18. The van der Waals surface area contributed by atoms with Gasteiger partial charge in [-0.25, -0.2) is 9.97 Å². The van der Waals surface area contributed by atoms with Crippen molar-refractivity contribution < 1.29 is 0 Å². The summed E-state index contributed by atoms with van der Waals surface area (Å²) in [6.07, 6.45) is 7.19. The number of benzene rings is 1. The van der Waals surface area contributed by atoms with Crippen molar-refractivity contribution in [3.05, 3.63) is 70.8 Å². The third-order valence-corrected chi connectivity index (χ3v) is 4.13. The summed E-state index contributed by atoms with van der Waals surface area (Å²) in [6, 6.07) is 10.3. The minimum absolute atomic E-state index is 0.778. The second-order valence-corrected chi connectivity index (χ2v) is 5.67. The molecule has 1 N–H and O–H groups in total. The lowest BCUT2D eigenvalue weighted by atomic mass is 10.1. The molecule has 2 aromatic heterocycles. The number of pyridine rings is 1. The van der Waals surface area contributed by atoms with Crippen LogP contribution >= 0.6 is 15.9 Å². The Hall–Kier alpha value is -2.14. The van der Waals surface area contributed by atoms with E-state index >= 15 is 0 Å². The van der Waals surface area contributed by atoms with Crippen molar-refractivity contribution in [1.29, 1.82) is 0 Å². The summed E-state index contributed by atoms with van der Waals surface area (Å²) in [4.78, 5) is 8.43. The first-order valence-corrected chi connectivity index (χ1v) is 7.45. The molecule has 5 heteroatoms. The molecule has 106 valence electrons. The summed E-state index contributed by atoms with van der Waals surface area (Å²) >= 11 is 3.51. The van der Waals surface area contributed by atoms with Crippen molar-refractivity contribution in [2.45, 2.75) is 13.5 Å². The van der Waals surface area contributed by atoms with Gasteiger partial charge in [-0.15, -0.1) is 0 Å². The molecule has 3 aromatic rings. The van der Waals surface area contributed by atoms with Gasteiger partial charge in [0.2, 0.25) is 0 Å². The highest BCUT2D eigenvalue weighted by molar-refractivity contribution is 9.10. The maximum atomic E-state index is 4.42. The van der Waals surface area contributed by atoms with Crippen LogP contribution in [0.2, 0.25) is 0 Å². The lowest BCUT2D eigenvalue weighted by Gasteiger charge is -2.08. The Kier molecular flexibility index (Phi) is 4.01. The van der Waals surface area contributed by atoms with Gasteiger partial charge >= 0.3 is 0 Å². The molecule has 0 spiro atoms. The first-order valence-electron chi connectivity index (χ1n) is 6.66. The molecular formula is C16H15BrN4. The van der Waals surface area contributed by atoms with E-state index in [0.29, 0.717) is 0 Å². The SMILES string of the molecule is Cc1cc(CNc2ccc(-n3ccnc3)nc2)ccc1Br. The number of hydrogen-bond acceptors (Lipinski definition) is 3. The van der Waals surface area contributed by atoms with Crippen LogP contribution in [0.4, 0.5) is 5.69 Å². The number of nitrogens with zero attached hydrogens (tertiary/aromatic N) is 3. The fourth-order valence-corrected chi connectivity index (χ4v) is 2.31. The summed E-state index contributed by atoms with van der Waals surface area (Å²) in [5, 5.41) is 3.38. The summed E-state index contributed by atoms with van der Waals surface area (Å²) < 4.78 is 3.01. The molecule has 0 aliphatic carbocycles. The average Bonchev–Trinajstić information content (AvgIpc) is 3.03. The van der Waals surface area contributed by atoms with Crippen molar-refractivity contribution in [2.24, 2.45) is 0 Å². The lowest BCUT2D eigenvalue weighted by molar-refractivity contribution is 0.990. The second kappa shape index (κ2) is 6.10. The van der Waals surface area contributed by atoms with E-state index in [1.165, 1.54) is 11.1 Å². The van der Waals surface area contributed by atoms with E-state index in [0.717, 1.165) is 22.5 Å². The Bertz CT molecular complexity index is 721. The van der Waals surface area contributed by atoms with Crippen LogP contribution in [-0.4, -0.2) is 14.5 Å². The molecule has 4 nitrogen and oxygen atoms in total. The number of rotatable bonds is 4. The molecule has 0 unspecified atom stereocenters. The van der Waals surface area contributed by atoms with Crippen LogP contribution in [-0.2, 0) is 6.54 Å². The molecule has 0 atom stereocenters. The Morgan fingerprint density at radius 3 is 2.81 bits per heavy atom. The number of halogens is 1. The monoisotopic (exact) mass is 342 g/mol. The summed E-state index contributed by atoms with van der Waals surface area (Å²) in [5.41, 5.74) is 3.48. The largest absolute Gasteiger partial charge is 0.380 e. The van der Waals surface area contributed by atoms with Gasteiger partial charge in [-0.1, -0.05) is 28.1 Å². The van der Waals surface area contributed by atoms with Crippen molar-refractivity contribution in [3.63, 3.8) is 0 Å². The molecule has 3 rings (SSSR count). The number of hydrogen-bond donors (Lipinski definition) is 1. The van der Waals surface area contributed by atoms with E-state index in [-0.39, 0.29) is 0 Å². The van der Waals surface area contributed by atoms with Crippen LogP contribution in [0.3, 0.4) is 0 Å². The fraction of sp³-hybridized carbons (Fsp3) is 0.125. The van der Waals surface area contributed by atoms with Crippen LogP contribution in [0.15, 0.2) is 59.7 Å². The van der Waals surface area contributed by atoms with Gasteiger partial charge in [0.05, 0.1) is 11.9 Å². The molecule has 1 aromatic carbocycles. The standard InChI is InChI=1S/C16H15BrN4/c1-12-8-13(2-4-15(12)17)9-19-14-3-5-16(20-10-14)21-7-6-18-11-21/h2-8,10-11,19H,9H2,1H3. The zero-order valence-corrected chi connectivity index (χ0v) is 13.2. The van der Waals surface area contributed by atoms with Crippen molar-refractivity contribution in [1.82, 2.24) is 14.5 Å². The van der Waals surface area contributed by atoms with Crippen molar-refractivity contribution >= 4 is 21.6 Å². The Labute approximate surface area is 132 Å². The quantitative estimate of drug-likeness (QED) is 0.780. The molecular weight excluding hydrogens is 328 g/mol. The molecule has 21 heavy (non-hydrogen) atoms. The van der Waals surface area contributed by atoms with Gasteiger partial charge in [0.15, 0.2) is 0 Å². The number of aromatic nitrogens is 3.